The van der Waals surface area contributed by atoms with Crippen molar-refractivity contribution < 1.29 is 9.53 Å². The van der Waals surface area contributed by atoms with Crippen LogP contribution >= 0.6 is 24.8 Å². The van der Waals surface area contributed by atoms with E-state index >= 15 is 0 Å². The molecule has 1 amide bonds. The number of amidine groups is 1. The summed E-state index contributed by atoms with van der Waals surface area (Å²) in [5.41, 5.74) is 7.70. The molecule has 1 aliphatic rings. The summed E-state index contributed by atoms with van der Waals surface area (Å²) in [4.78, 5) is 15.0. The molecule has 0 atom stereocenters. The lowest BCUT2D eigenvalue weighted by molar-refractivity contribution is 0.0988. The summed E-state index contributed by atoms with van der Waals surface area (Å²) < 4.78 is 6.08. The maximum Gasteiger partial charge on any atom is 0.258 e. The van der Waals surface area contributed by atoms with Gasteiger partial charge in [0.15, 0.2) is 0 Å². The molecular weight excluding hydrogens is 459 g/mol. The molecule has 0 spiro atoms. The highest BCUT2D eigenvalue weighted by Crippen LogP contribution is 2.25. The highest BCUT2D eigenvalue weighted by atomic mass is 35.5. The van der Waals surface area contributed by atoms with Gasteiger partial charge >= 0.3 is 0 Å². The summed E-state index contributed by atoms with van der Waals surface area (Å²) >= 11 is 0. The molecule has 0 unspecified atom stereocenters. The number of hydrogen-bond donors (Lipinski definition) is 3. The average molecular weight is 489 g/mol. The van der Waals surface area contributed by atoms with Crippen LogP contribution in [0.2, 0.25) is 0 Å². The van der Waals surface area contributed by atoms with Gasteiger partial charge in [0.25, 0.3) is 5.91 Å². The fourth-order valence-electron chi connectivity index (χ4n) is 3.96. The third-order valence-electron chi connectivity index (χ3n) is 5.70. The highest BCUT2D eigenvalue weighted by molar-refractivity contribution is 6.08. The van der Waals surface area contributed by atoms with Crippen LogP contribution in [-0.4, -0.2) is 37.5 Å². The van der Waals surface area contributed by atoms with Crippen LogP contribution in [-0.2, 0) is 0 Å². The summed E-state index contributed by atoms with van der Waals surface area (Å²) in [5, 5.41) is 12.9. The standard InChI is InChI=1S/C25H28N4O2.2ClH/c1-2-29(21-7-9-22(10-8-21)31-23-11-13-28-14-12-23)25(30)19-6-4-17-3-5-18(24(26)27)15-20(17)16-19;;/h3-10,15-16,23,28H,2,11-14H2,1H3,(H3,26,27);2*1H. The smallest absolute Gasteiger partial charge is 0.258 e. The van der Waals surface area contributed by atoms with E-state index < -0.39 is 0 Å². The van der Waals surface area contributed by atoms with Crippen LogP contribution in [0.4, 0.5) is 5.69 Å². The van der Waals surface area contributed by atoms with Crippen LogP contribution in [0.5, 0.6) is 5.75 Å². The normalized spacial score (nSPS) is 13.5. The molecule has 3 aromatic rings. The first-order valence-electron chi connectivity index (χ1n) is 10.7. The summed E-state index contributed by atoms with van der Waals surface area (Å²) in [5.74, 6) is 0.784. The minimum atomic E-state index is -0.0651. The molecule has 0 bridgehead atoms. The van der Waals surface area contributed by atoms with Gasteiger partial charge in [-0.2, -0.15) is 0 Å². The van der Waals surface area contributed by atoms with E-state index in [1.807, 2.05) is 67.6 Å². The van der Waals surface area contributed by atoms with Gasteiger partial charge in [-0.3, -0.25) is 10.2 Å². The first kappa shape index (κ1) is 26.5. The number of nitrogens with one attached hydrogen (secondary N) is 2. The third kappa shape index (κ3) is 6.16. The van der Waals surface area contributed by atoms with Crippen molar-refractivity contribution >= 4 is 53.0 Å². The van der Waals surface area contributed by atoms with Gasteiger partial charge in [-0.05, 0) is 86.1 Å². The zero-order chi connectivity index (χ0) is 21.8. The number of anilines is 1. The van der Waals surface area contributed by atoms with Gasteiger partial charge in [0.05, 0.1) is 0 Å². The Balaban J connectivity index is 0.00000193. The maximum absolute atomic E-state index is 13.3. The van der Waals surface area contributed by atoms with Crippen molar-refractivity contribution in [1.82, 2.24) is 5.32 Å². The van der Waals surface area contributed by atoms with Crippen LogP contribution in [0.1, 0.15) is 35.7 Å². The number of nitrogens with two attached hydrogens (primary N) is 1. The van der Waals surface area contributed by atoms with Crippen LogP contribution in [0.15, 0.2) is 60.7 Å². The lowest BCUT2D eigenvalue weighted by atomic mass is 10.0. The molecule has 1 heterocycles. The molecule has 0 saturated carbocycles. The number of carbonyl (C=O) groups excluding carboxylic acids is 1. The molecule has 4 rings (SSSR count). The van der Waals surface area contributed by atoms with E-state index in [1.54, 1.807) is 4.90 Å². The molecule has 176 valence electrons. The summed E-state index contributed by atoms with van der Waals surface area (Å²) in [6.07, 6.45) is 2.26. The molecule has 6 nitrogen and oxygen atoms in total. The number of nitrogens with zero attached hydrogens (tertiary/aromatic N) is 1. The van der Waals surface area contributed by atoms with Crippen molar-refractivity contribution in [1.29, 1.82) is 5.41 Å². The zero-order valence-corrected chi connectivity index (χ0v) is 20.2. The summed E-state index contributed by atoms with van der Waals surface area (Å²) in [6, 6.07) is 19.0. The number of rotatable bonds is 6. The molecule has 0 aliphatic carbocycles. The minimum Gasteiger partial charge on any atom is -0.490 e. The minimum absolute atomic E-state index is 0. The second-order valence-corrected chi connectivity index (χ2v) is 7.80. The number of fused-ring (bicyclic) bond motifs is 1. The third-order valence-corrected chi connectivity index (χ3v) is 5.70. The van der Waals surface area contributed by atoms with Gasteiger partial charge in [0.2, 0.25) is 0 Å². The topological polar surface area (TPSA) is 91.4 Å². The van der Waals surface area contributed by atoms with Crippen LogP contribution in [0, 0.1) is 5.41 Å². The number of nitrogen functional groups attached to an aromatic ring is 1. The van der Waals surface area contributed by atoms with Crippen molar-refractivity contribution in [3.63, 3.8) is 0 Å². The monoisotopic (exact) mass is 488 g/mol. The van der Waals surface area contributed by atoms with E-state index in [-0.39, 0.29) is 42.7 Å². The Morgan fingerprint density at radius 1 is 1.00 bits per heavy atom. The molecule has 1 fully saturated rings. The lowest BCUT2D eigenvalue weighted by Crippen LogP contribution is -2.34. The van der Waals surface area contributed by atoms with Crippen LogP contribution in [0.3, 0.4) is 0 Å². The predicted octanol–water partition coefficient (Wildman–Crippen LogP) is 4.76. The molecule has 0 aromatic heterocycles. The van der Waals surface area contributed by atoms with Crippen molar-refractivity contribution in [3.8, 4) is 5.75 Å². The van der Waals surface area contributed by atoms with Gasteiger partial charge in [0, 0.05) is 23.4 Å². The van der Waals surface area contributed by atoms with Crippen molar-refractivity contribution in [2.75, 3.05) is 24.5 Å². The molecule has 0 radical (unpaired) electrons. The maximum atomic E-state index is 13.3. The largest absolute Gasteiger partial charge is 0.490 e. The Morgan fingerprint density at radius 2 is 1.61 bits per heavy atom. The first-order chi connectivity index (χ1) is 15.0. The van der Waals surface area contributed by atoms with Gasteiger partial charge in [0.1, 0.15) is 17.7 Å². The lowest BCUT2D eigenvalue weighted by Gasteiger charge is -2.25. The SMILES string of the molecule is CCN(C(=O)c1ccc2ccc(C(=N)N)cc2c1)c1ccc(OC2CCNCC2)cc1.Cl.Cl. The van der Waals surface area contributed by atoms with Gasteiger partial charge < -0.3 is 20.7 Å². The Bertz CT molecular complexity index is 1100. The van der Waals surface area contributed by atoms with Crippen LogP contribution in [0.25, 0.3) is 10.8 Å². The number of ether oxygens (including phenoxy) is 1. The molecule has 1 saturated heterocycles. The fourth-order valence-corrected chi connectivity index (χ4v) is 3.96. The molecule has 4 N–H and O–H groups in total. The van der Waals surface area contributed by atoms with Gasteiger partial charge in [-0.25, -0.2) is 0 Å². The van der Waals surface area contributed by atoms with E-state index in [9.17, 15) is 4.79 Å². The quantitative estimate of drug-likeness (QED) is 0.344. The Labute approximate surface area is 206 Å². The highest BCUT2D eigenvalue weighted by Gasteiger charge is 2.18. The zero-order valence-electron chi connectivity index (χ0n) is 18.5. The Hall–Kier alpha value is -2.80. The molecular formula is C25H30Cl2N4O2. The molecule has 1 aliphatic heterocycles. The number of amides is 1. The summed E-state index contributed by atoms with van der Waals surface area (Å²) in [7, 11) is 0. The van der Waals surface area contributed by atoms with Crippen molar-refractivity contribution in [2.45, 2.75) is 25.9 Å². The van der Waals surface area contributed by atoms with Crippen molar-refractivity contribution in [2.24, 2.45) is 5.73 Å². The summed E-state index contributed by atoms with van der Waals surface area (Å²) in [6.45, 7) is 4.49. The van der Waals surface area contributed by atoms with E-state index in [1.165, 1.54) is 0 Å². The second kappa shape index (κ2) is 11.9. The van der Waals surface area contributed by atoms with Gasteiger partial charge in [-0.1, -0.05) is 18.2 Å². The predicted molar refractivity (Wildman–Crippen MR) is 140 cm³/mol. The number of carbonyl (C=O) groups is 1. The Morgan fingerprint density at radius 3 is 2.21 bits per heavy atom. The number of halogens is 2. The Kier molecular flexibility index (Phi) is 9.53. The van der Waals surface area contributed by atoms with Crippen LogP contribution < -0.4 is 20.7 Å². The molecule has 33 heavy (non-hydrogen) atoms. The number of piperidine rings is 1. The van der Waals surface area contributed by atoms with E-state index in [0.29, 0.717) is 17.7 Å². The fraction of sp³-hybridized carbons (Fsp3) is 0.280. The van der Waals surface area contributed by atoms with E-state index in [2.05, 4.69) is 5.32 Å². The molecule has 8 heteroatoms. The number of hydrogen-bond acceptors (Lipinski definition) is 4. The van der Waals surface area contributed by atoms with Crippen molar-refractivity contribution in [3.05, 3.63) is 71.8 Å². The van der Waals surface area contributed by atoms with Gasteiger partial charge in [-0.15, -0.1) is 24.8 Å². The molecule has 3 aromatic carbocycles. The first-order valence-corrected chi connectivity index (χ1v) is 10.7. The second-order valence-electron chi connectivity index (χ2n) is 7.80. The van der Waals surface area contributed by atoms with E-state index in [0.717, 1.165) is 48.1 Å². The average Bonchev–Trinajstić information content (AvgIpc) is 2.80. The van der Waals surface area contributed by atoms with E-state index in [4.69, 9.17) is 15.9 Å². The number of benzene rings is 3.